The molecule has 0 aliphatic heterocycles. The third kappa shape index (κ3) is 1.59. The highest BCUT2D eigenvalue weighted by molar-refractivity contribution is 14.1. The number of aryl methyl sites for hydroxylation is 1. The zero-order chi connectivity index (χ0) is 8.59. The quantitative estimate of drug-likeness (QED) is 0.587. The molecule has 0 saturated carbocycles. The number of anilines is 1. The van der Waals surface area contributed by atoms with Crippen LogP contribution in [0.15, 0.2) is 0 Å². The second-order valence-electron chi connectivity index (χ2n) is 2.34. The lowest BCUT2D eigenvalue weighted by Gasteiger charge is -2.06. The zero-order valence-corrected chi connectivity index (χ0v) is 9.19. The molecule has 0 spiro atoms. The van der Waals surface area contributed by atoms with Crippen molar-refractivity contribution in [3.63, 3.8) is 0 Å². The molecule has 2 N–H and O–H groups in total. The number of rotatable bonds is 0. The van der Waals surface area contributed by atoms with E-state index >= 15 is 0 Å². The maximum atomic E-state index is 5.75. The van der Waals surface area contributed by atoms with Gasteiger partial charge in [0.15, 0.2) is 5.15 Å². The molecule has 60 valence electrons. The van der Waals surface area contributed by atoms with Crippen LogP contribution in [0.5, 0.6) is 0 Å². The fraction of sp³-hybridized carbons (Fsp3) is 0.286. The lowest BCUT2D eigenvalue weighted by molar-refractivity contribution is 1.15. The zero-order valence-electron chi connectivity index (χ0n) is 6.28. The molecule has 0 fully saturated rings. The van der Waals surface area contributed by atoms with Crippen molar-refractivity contribution in [3.05, 3.63) is 20.0 Å². The first-order valence-corrected chi connectivity index (χ1v) is 4.57. The molecule has 0 aliphatic carbocycles. The summed E-state index contributed by atoms with van der Waals surface area (Å²) in [6.45, 7) is 3.86. The maximum Gasteiger partial charge on any atom is 0.152 e. The highest BCUT2D eigenvalue weighted by Gasteiger charge is 2.07. The van der Waals surface area contributed by atoms with Crippen molar-refractivity contribution in [2.75, 3.05) is 5.73 Å². The Morgan fingerprint density at radius 1 is 1.45 bits per heavy atom. The van der Waals surface area contributed by atoms with Crippen molar-refractivity contribution < 1.29 is 0 Å². The number of hydrogen-bond donors (Lipinski definition) is 1. The Balaban J connectivity index is 3.46. The minimum Gasteiger partial charge on any atom is -0.396 e. The number of hydrogen-bond acceptors (Lipinski definition) is 2. The molecule has 1 aromatic heterocycles. The minimum atomic E-state index is 0.403. The van der Waals surface area contributed by atoms with Crippen LogP contribution in [-0.4, -0.2) is 4.98 Å². The van der Waals surface area contributed by atoms with Crippen LogP contribution in [0.3, 0.4) is 0 Å². The number of nitrogen functional groups attached to an aromatic ring is 1. The highest BCUT2D eigenvalue weighted by Crippen LogP contribution is 2.26. The maximum absolute atomic E-state index is 5.75. The average Bonchev–Trinajstić information content (AvgIpc) is 1.97. The van der Waals surface area contributed by atoms with Crippen LogP contribution in [0, 0.1) is 17.4 Å². The normalized spacial score (nSPS) is 10.2. The molecule has 0 saturated heterocycles. The first-order chi connectivity index (χ1) is 5.04. The van der Waals surface area contributed by atoms with Gasteiger partial charge in [0.2, 0.25) is 0 Å². The van der Waals surface area contributed by atoms with Gasteiger partial charge in [-0.15, -0.1) is 0 Å². The Kier molecular flexibility index (Phi) is 2.59. The van der Waals surface area contributed by atoms with Crippen molar-refractivity contribution in [2.45, 2.75) is 13.8 Å². The Bertz CT molecular complexity index is 273. The topological polar surface area (TPSA) is 38.9 Å². The Morgan fingerprint density at radius 3 is 2.55 bits per heavy atom. The van der Waals surface area contributed by atoms with E-state index < -0.39 is 0 Å². The summed E-state index contributed by atoms with van der Waals surface area (Å²) in [6, 6.07) is 0. The molecule has 2 nitrogen and oxygen atoms in total. The lowest BCUT2D eigenvalue weighted by atomic mass is 10.2. The lowest BCUT2D eigenvalue weighted by Crippen LogP contribution is -1.99. The third-order valence-electron chi connectivity index (χ3n) is 1.54. The number of nitrogens with zero attached hydrogens (tertiary/aromatic N) is 1. The van der Waals surface area contributed by atoms with Gasteiger partial charge in [-0.2, -0.15) is 0 Å². The van der Waals surface area contributed by atoms with E-state index in [4.69, 9.17) is 17.3 Å². The molecule has 0 unspecified atom stereocenters. The summed E-state index contributed by atoms with van der Waals surface area (Å²) in [7, 11) is 0. The number of aromatic nitrogens is 1. The van der Waals surface area contributed by atoms with E-state index in [9.17, 15) is 0 Å². The van der Waals surface area contributed by atoms with Crippen LogP contribution in [-0.2, 0) is 0 Å². The standard InChI is InChI=1S/C7H8ClIN2/c1-3-5(9)4(2)11-7(8)6(3)10/h10H2,1-2H3. The van der Waals surface area contributed by atoms with Gasteiger partial charge in [0.05, 0.1) is 11.4 Å². The summed E-state index contributed by atoms with van der Waals surface area (Å²) in [5.41, 5.74) is 8.19. The average molecular weight is 283 g/mol. The summed E-state index contributed by atoms with van der Waals surface area (Å²) in [6.07, 6.45) is 0. The fourth-order valence-corrected chi connectivity index (χ4v) is 1.48. The van der Waals surface area contributed by atoms with Gasteiger partial charge in [0.1, 0.15) is 0 Å². The summed E-state index contributed by atoms with van der Waals surface area (Å²) < 4.78 is 1.09. The van der Waals surface area contributed by atoms with E-state index in [1.165, 1.54) is 0 Å². The molecule has 0 aliphatic rings. The molecule has 1 heterocycles. The Hall–Kier alpha value is -0.0300. The predicted molar refractivity (Wildman–Crippen MR) is 55.9 cm³/mol. The van der Waals surface area contributed by atoms with Crippen molar-refractivity contribution in [3.8, 4) is 0 Å². The molecule has 0 radical (unpaired) electrons. The monoisotopic (exact) mass is 282 g/mol. The summed E-state index contributed by atoms with van der Waals surface area (Å²) in [5, 5.41) is 0.403. The number of halogens is 2. The van der Waals surface area contributed by atoms with Gasteiger partial charge in [-0.3, -0.25) is 0 Å². The van der Waals surface area contributed by atoms with Crippen molar-refractivity contribution >= 4 is 39.9 Å². The minimum absolute atomic E-state index is 0.403. The van der Waals surface area contributed by atoms with Gasteiger partial charge in [-0.25, -0.2) is 4.98 Å². The van der Waals surface area contributed by atoms with Crippen LogP contribution < -0.4 is 5.73 Å². The van der Waals surface area contributed by atoms with Crippen LogP contribution in [0.4, 0.5) is 5.69 Å². The van der Waals surface area contributed by atoms with Gasteiger partial charge in [-0.1, -0.05) is 11.6 Å². The third-order valence-corrected chi connectivity index (χ3v) is 3.42. The molecule has 0 aromatic carbocycles. The second-order valence-corrected chi connectivity index (χ2v) is 3.78. The van der Waals surface area contributed by atoms with Crippen LogP contribution >= 0.6 is 34.2 Å². The predicted octanol–water partition coefficient (Wildman–Crippen LogP) is 2.54. The molecule has 4 heteroatoms. The summed E-state index contributed by atoms with van der Waals surface area (Å²) >= 11 is 7.96. The Morgan fingerprint density at radius 2 is 2.00 bits per heavy atom. The van der Waals surface area contributed by atoms with Gasteiger partial charge in [0.25, 0.3) is 0 Å². The van der Waals surface area contributed by atoms with Gasteiger partial charge in [0, 0.05) is 3.57 Å². The first-order valence-electron chi connectivity index (χ1n) is 3.11. The molecule has 0 bridgehead atoms. The molecule has 1 aromatic rings. The van der Waals surface area contributed by atoms with Crippen LogP contribution in [0.25, 0.3) is 0 Å². The molecular weight excluding hydrogens is 274 g/mol. The largest absolute Gasteiger partial charge is 0.396 e. The SMILES string of the molecule is Cc1nc(Cl)c(N)c(C)c1I. The Labute approximate surface area is 84.3 Å². The molecule has 0 amide bonds. The highest BCUT2D eigenvalue weighted by atomic mass is 127. The van der Waals surface area contributed by atoms with Crippen LogP contribution in [0.2, 0.25) is 5.15 Å². The van der Waals surface area contributed by atoms with E-state index in [1.54, 1.807) is 0 Å². The number of nitrogens with two attached hydrogens (primary N) is 1. The van der Waals surface area contributed by atoms with E-state index in [-0.39, 0.29) is 0 Å². The fourth-order valence-electron chi connectivity index (χ4n) is 0.801. The van der Waals surface area contributed by atoms with Crippen molar-refractivity contribution in [2.24, 2.45) is 0 Å². The molecule has 1 rings (SSSR count). The second kappa shape index (κ2) is 3.15. The molecular formula is C7H8ClIN2. The van der Waals surface area contributed by atoms with E-state index in [2.05, 4.69) is 27.6 Å². The van der Waals surface area contributed by atoms with Crippen molar-refractivity contribution in [1.82, 2.24) is 4.98 Å². The first kappa shape index (κ1) is 9.06. The molecule has 11 heavy (non-hydrogen) atoms. The smallest absolute Gasteiger partial charge is 0.152 e. The van der Waals surface area contributed by atoms with Gasteiger partial charge < -0.3 is 5.73 Å². The van der Waals surface area contributed by atoms with Crippen molar-refractivity contribution in [1.29, 1.82) is 0 Å². The molecule has 0 atom stereocenters. The van der Waals surface area contributed by atoms with Gasteiger partial charge in [-0.05, 0) is 42.0 Å². The van der Waals surface area contributed by atoms with E-state index in [1.807, 2.05) is 13.8 Å². The van der Waals surface area contributed by atoms with Gasteiger partial charge >= 0.3 is 0 Å². The number of pyridine rings is 1. The van der Waals surface area contributed by atoms with E-state index in [0.29, 0.717) is 10.8 Å². The summed E-state index contributed by atoms with van der Waals surface area (Å²) in [4.78, 5) is 4.07. The summed E-state index contributed by atoms with van der Waals surface area (Å²) in [5.74, 6) is 0. The van der Waals surface area contributed by atoms with E-state index in [0.717, 1.165) is 14.8 Å². The van der Waals surface area contributed by atoms with Crippen LogP contribution in [0.1, 0.15) is 11.3 Å².